The monoisotopic (exact) mass is 1040 g/mol. The summed E-state index contributed by atoms with van der Waals surface area (Å²) < 4.78 is 49.3. The van der Waals surface area contributed by atoms with Gasteiger partial charge in [0.25, 0.3) is 0 Å². The molecule has 73 heavy (non-hydrogen) atoms. The topological polar surface area (TPSA) is 290 Å². The zero-order chi connectivity index (χ0) is 53.7. The SMILES string of the molecule is C/C=C(\C)C(=O)O[C@H]1[C@H](O)[C@]2(COC(C)=O)CC[C@]3(C)C(=CC[C@@H]4[C@@]5(C)CC[C@H](O[C@@H]6O[C@H](CO)[C@@H](O)[C@H](O[C@@H]7O[C@@H](C)[C@H](O)[C@@H](O)[C@H]7O)[C@H]6O[C@@H]6OC[C@@H](O)[C@H](O)[C@H]6O)C(C)(C)[C@@H]5CC[C@]43C)[C@@H]2CC1(C)C. The first kappa shape index (κ1) is 57.0. The highest BCUT2D eigenvalue weighted by atomic mass is 16.8. The van der Waals surface area contributed by atoms with E-state index in [2.05, 4.69) is 40.7 Å². The van der Waals surface area contributed by atoms with E-state index in [-0.39, 0.29) is 40.6 Å². The molecule has 0 radical (unpaired) electrons. The van der Waals surface area contributed by atoms with Crippen molar-refractivity contribution in [3.63, 3.8) is 0 Å². The number of carbonyl (C=O) groups is 2. The van der Waals surface area contributed by atoms with Crippen LogP contribution in [-0.4, -0.2) is 182 Å². The minimum Gasteiger partial charge on any atom is -0.465 e. The first-order valence-corrected chi connectivity index (χ1v) is 26.7. The summed E-state index contributed by atoms with van der Waals surface area (Å²) in [6, 6.07) is 0. The zero-order valence-electron chi connectivity index (χ0n) is 44.6. The fourth-order valence-corrected chi connectivity index (χ4v) is 15.7. The van der Waals surface area contributed by atoms with Crippen LogP contribution in [0, 0.1) is 50.2 Å². The number of ether oxygens (including phenoxy) is 8. The number of esters is 2. The van der Waals surface area contributed by atoms with Crippen molar-refractivity contribution in [1.82, 2.24) is 0 Å². The Bertz CT molecular complexity index is 2080. The third-order valence-corrected chi connectivity index (χ3v) is 20.5. The molecule has 0 spiro atoms. The van der Waals surface area contributed by atoms with Crippen LogP contribution in [-0.2, 0) is 47.5 Å². The van der Waals surface area contributed by atoms with Crippen LogP contribution in [0.3, 0.4) is 0 Å². The summed E-state index contributed by atoms with van der Waals surface area (Å²) in [5.74, 6) is -0.726. The lowest BCUT2D eigenvalue weighted by Gasteiger charge is -2.72. The molecular formula is C54H86O19. The van der Waals surface area contributed by atoms with Crippen molar-refractivity contribution in [2.45, 2.75) is 232 Å². The lowest BCUT2D eigenvalue weighted by atomic mass is 9.33. The maximum atomic E-state index is 13.3. The molecule has 0 aromatic heterocycles. The molecule has 3 aliphatic heterocycles. The van der Waals surface area contributed by atoms with Crippen LogP contribution >= 0.6 is 0 Å². The minimum atomic E-state index is -1.78. The fourth-order valence-electron chi connectivity index (χ4n) is 15.7. The molecule has 0 amide bonds. The molecule has 8 rings (SSSR count). The normalized spacial score (nSPS) is 50.5. The van der Waals surface area contributed by atoms with Crippen LogP contribution in [0.25, 0.3) is 0 Å². The second-order valence-corrected chi connectivity index (χ2v) is 25.1. The molecule has 8 aliphatic rings. The van der Waals surface area contributed by atoms with Gasteiger partial charge in [-0.1, -0.05) is 66.2 Å². The zero-order valence-corrected chi connectivity index (χ0v) is 44.6. The van der Waals surface area contributed by atoms with Gasteiger partial charge in [0, 0.05) is 23.3 Å². The Morgan fingerprint density at radius 2 is 1.42 bits per heavy atom. The molecule has 0 bridgehead atoms. The summed E-state index contributed by atoms with van der Waals surface area (Å²) in [7, 11) is 0. The summed E-state index contributed by atoms with van der Waals surface area (Å²) in [6.45, 7) is 20.9. The van der Waals surface area contributed by atoms with Crippen LogP contribution in [0.1, 0.15) is 128 Å². The Labute approximate surface area is 429 Å². The quantitative estimate of drug-likeness (QED) is 0.0621. The Balaban J connectivity index is 1.09. The molecule has 24 atom stereocenters. The highest BCUT2D eigenvalue weighted by molar-refractivity contribution is 5.87. The fraction of sp³-hybridized carbons (Fsp3) is 0.889. The first-order valence-electron chi connectivity index (χ1n) is 26.7. The average Bonchev–Trinajstić information content (AvgIpc) is 3.33. The molecule has 0 aromatic rings. The Hall–Kier alpha value is -2.18. The Morgan fingerprint density at radius 1 is 0.753 bits per heavy atom. The maximum Gasteiger partial charge on any atom is 0.333 e. The molecule has 5 aliphatic carbocycles. The standard InChI is InChI=1S/C54H86O19/c1-12-25(2)45(65)73-44-43(64)54(24-67-27(4)56)20-19-52(10)28(29(54)21-49(44,5)6)13-14-33-51(9)17-16-34(50(7,8)32(51)15-18-53(33,52)11)70-48-42(72-46-39(62)36(59)30(57)23-66-46)41(37(60)31(22-55)69-48)71-47-40(63)38(61)35(58)26(3)68-47/h12-13,26,29-44,46-48,55,57-64H,14-24H2,1-11H3/b25-12+/t26-,29-,30+,31+,32-,33+,34-,35-,36-,37+,38+,39+,40+,41-,42+,43-,44-,46-,47-,48-,51-,52+,53+,54-/m0/s1. The van der Waals surface area contributed by atoms with Crippen LogP contribution in [0.5, 0.6) is 0 Å². The summed E-state index contributed by atoms with van der Waals surface area (Å²) in [6.07, 6.45) is -14.0. The predicted molar refractivity (Wildman–Crippen MR) is 258 cm³/mol. The first-order chi connectivity index (χ1) is 34.0. The van der Waals surface area contributed by atoms with Crippen molar-refractivity contribution in [3.05, 3.63) is 23.3 Å². The van der Waals surface area contributed by atoms with Gasteiger partial charge in [0.15, 0.2) is 18.9 Å². The van der Waals surface area contributed by atoms with Gasteiger partial charge >= 0.3 is 11.9 Å². The summed E-state index contributed by atoms with van der Waals surface area (Å²) in [5, 5.41) is 99.0. The van der Waals surface area contributed by atoms with Gasteiger partial charge in [-0.2, -0.15) is 0 Å². The number of carbonyl (C=O) groups excluding carboxylic acids is 2. The molecule has 19 heteroatoms. The molecule has 3 saturated heterocycles. The summed E-state index contributed by atoms with van der Waals surface area (Å²) in [5.41, 5.74) is -0.979. The van der Waals surface area contributed by atoms with Crippen molar-refractivity contribution in [1.29, 1.82) is 0 Å². The van der Waals surface area contributed by atoms with Gasteiger partial charge in [-0.3, -0.25) is 4.79 Å². The molecule has 3 heterocycles. The van der Waals surface area contributed by atoms with Gasteiger partial charge in [-0.25, -0.2) is 4.79 Å². The number of fused-ring (bicyclic) bond motifs is 7. The third-order valence-electron chi connectivity index (χ3n) is 20.5. The van der Waals surface area contributed by atoms with E-state index in [9.17, 15) is 55.5 Å². The second-order valence-electron chi connectivity index (χ2n) is 25.1. The highest BCUT2D eigenvalue weighted by Crippen LogP contribution is 2.76. The smallest absolute Gasteiger partial charge is 0.333 e. The lowest BCUT2D eigenvalue weighted by molar-refractivity contribution is -0.394. The highest BCUT2D eigenvalue weighted by Gasteiger charge is 2.71. The Kier molecular flexibility index (Phi) is 16.1. The number of aliphatic hydroxyl groups is 9. The second kappa shape index (κ2) is 20.6. The largest absolute Gasteiger partial charge is 0.465 e. The van der Waals surface area contributed by atoms with Crippen molar-refractivity contribution >= 4 is 11.9 Å². The van der Waals surface area contributed by atoms with E-state index >= 15 is 0 Å². The molecule has 416 valence electrons. The number of aliphatic hydroxyl groups excluding tert-OH is 9. The molecule has 19 nitrogen and oxygen atoms in total. The van der Waals surface area contributed by atoms with E-state index in [0.717, 1.165) is 32.1 Å². The predicted octanol–water partition coefficient (Wildman–Crippen LogP) is 2.31. The molecular weight excluding hydrogens is 953 g/mol. The maximum absolute atomic E-state index is 13.3. The van der Waals surface area contributed by atoms with Gasteiger partial charge in [0.05, 0.1) is 25.4 Å². The number of hydrogen-bond donors (Lipinski definition) is 9. The van der Waals surface area contributed by atoms with E-state index in [1.54, 1.807) is 19.9 Å². The molecule has 4 saturated carbocycles. The number of hydrogen-bond acceptors (Lipinski definition) is 19. The third kappa shape index (κ3) is 9.40. The van der Waals surface area contributed by atoms with Crippen LogP contribution < -0.4 is 0 Å². The minimum absolute atomic E-state index is 0.00737. The molecule has 7 fully saturated rings. The lowest BCUT2D eigenvalue weighted by Crippen LogP contribution is -2.69. The molecule has 0 unspecified atom stereocenters. The number of rotatable bonds is 11. The van der Waals surface area contributed by atoms with Crippen molar-refractivity contribution in [2.75, 3.05) is 19.8 Å². The molecule has 9 N–H and O–H groups in total. The Morgan fingerprint density at radius 3 is 2.08 bits per heavy atom. The van der Waals surface area contributed by atoms with Crippen LogP contribution in [0.4, 0.5) is 0 Å². The van der Waals surface area contributed by atoms with Crippen molar-refractivity contribution in [3.8, 4) is 0 Å². The van der Waals surface area contributed by atoms with Crippen LogP contribution in [0.15, 0.2) is 23.3 Å². The summed E-state index contributed by atoms with van der Waals surface area (Å²) in [4.78, 5) is 25.8. The van der Waals surface area contributed by atoms with Gasteiger partial charge in [0.2, 0.25) is 0 Å². The van der Waals surface area contributed by atoms with E-state index in [1.807, 2.05) is 13.8 Å². The van der Waals surface area contributed by atoms with E-state index in [0.29, 0.717) is 24.8 Å². The average molecular weight is 1040 g/mol. The van der Waals surface area contributed by atoms with Gasteiger partial charge in [-0.15, -0.1) is 0 Å². The van der Waals surface area contributed by atoms with Gasteiger partial charge in [0.1, 0.15) is 79.9 Å². The van der Waals surface area contributed by atoms with Crippen molar-refractivity contribution in [2.24, 2.45) is 50.2 Å². The van der Waals surface area contributed by atoms with Crippen LogP contribution in [0.2, 0.25) is 0 Å². The number of allylic oxidation sites excluding steroid dienone is 3. The van der Waals surface area contributed by atoms with Crippen molar-refractivity contribution < 1.29 is 93.4 Å². The molecule has 0 aromatic carbocycles. The van der Waals surface area contributed by atoms with Gasteiger partial charge in [-0.05, 0) is 112 Å². The van der Waals surface area contributed by atoms with E-state index in [4.69, 9.17) is 37.9 Å². The summed E-state index contributed by atoms with van der Waals surface area (Å²) >= 11 is 0. The van der Waals surface area contributed by atoms with Gasteiger partial charge < -0.3 is 83.9 Å². The van der Waals surface area contributed by atoms with E-state index < -0.39 is 146 Å². The van der Waals surface area contributed by atoms with E-state index in [1.165, 1.54) is 19.4 Å².